The summed E-state index contributed by atoms with van der Waals surface area (Å²) in [7, 11) is 0. The number of hydrogen-bond acceptors (Lipinski definition) is 3. The predicted molar refractivity (Wildman–Crippen MR) is 60.4 cm³/mol. The van der Waals surface area contributed by atoms with Crippen LogP contribution in [0.2, 0.25) is 0 Å². The number of carbonyl (C=O) groups excluding carboxylic acids is 1. The van der Waals surface area contributed by atoms with Gasteiger partial charge in [0, 0.05) is 6.42 Å². The van der Waals surface area contributed by atoms with Crippen LogP contribution in [0.1, 0.15) is 51.9 Å². The molecule has 1 fully saturated rings. The van der Waals surface area contributed by atoms with Crippen LogP contribution in [0.5, 0.6) is 0 Å². The van der Waals surface area contributed by atoms with E-state index in [1.54, 1.807) is 0 Å². The Morgan fingerprint density at radius 1 is 1.40 bits per heavy atom. The highest BCUT2D eigenvalue weighted by atomic mass is 16.5. The van der Waals surface area contributed by atoms with Gasteiger partial charge in [0.25, 0.3) is 0 Å². The Labute approximate surface area is 92.4 Å². The Kier molecular flexibility index (Phi) is 5.69. The van der Waals surface area contributed by atoms with Crippen LogP contribution in [0.3, 0.4) is 0 Å². The lowest BCUT2D eigenvalue weighted by atomic mass is 10.0. The molecule has 15 heavy (non-hydrogen) atoms. The molecule has 3 nitrogen and oxygen atoms in total. The van der Waals surface area contributed by atoms with Gasteiger partial charge in [-0.05, 0) is 51.0 Å². The van der Waals surface area contributed by atoms with Crippen molar-refractivity contribution in [1.29, 1.82) is 0 Å². The number of hydrogen-bond donors (Lipinski definition) is 1. The fourth-order valence-corrected chi connectivity index (χ4v) is 2.04. The molecule has 0 aromatic rings. The van der Waals surface area contributed by atoms with Crippen LogP contribution in [-0.4, -0.2) is 18.6 Å². The Balaban J connectivity index is 2.07. The molecule has 0 heterocycles. The first kappa shape index (κ1) is 12.5. The molecule has 3 heteroatoms. The van der Waals surface area contributed by atoms with Gasteiger partial charge in [-0.15, -0.1) is 0 Å². The molecule has 0 spiro atoms. The van der Waals surface area contributed by atoms with Crippen molar-refractivity contribution >= 4 is 5.97 Å². The summed E-state index contributed by atoms with van der Waals surface area (Å²) in [5.41, 5.74) is 5.45. The maximum atomic E-state index is 11.5. The number of ether oxygens (including phenoxy) is 1. The van der Waals surface area contributed by atoms with Gasteiger partial charge in [0.1, 0.15) is 6.10 Å². The molecular formula is C12H23NO2. The summed E-state index contributed by atoms with van der Waals surface area (Å²) in [4.78, 5) is 11.5. The van der Waals surface area contributed by atoms with Crippen molar-refractivity contribution in [2.24, 2.45) is 11.7 Å². The summed E-state index contributed by atoms with van der Waals surface area (Å²) in [6.45, 7) is 2.84. The summed E-state index contributed by atoms with van der Waals surface area (Å²) in [6.07, 6.45) is 7.20. The van der Waals surface area contributed by atoms with Crippen molar-refractivity contribution in [3.8, 4) is 0 Å². The summed E-state index contributed by atoms with van der Waals surface area (Å²) < 4.78 is 5.37. The Bertz CT molecular complexity index is 188. The predicted octanol–water partition coefficient (Wildman–Crippen LogP) is 2.24. The molecule has 1 rings (SSSR count). The maximum Gasteiger partial charge on any atom is 0.306 e. The van der Waals surface area contributed by atoms with E-state index in [1.165, 1.54) is 12.8 Å². The molecule has 2 N–H and O–H groups in total. The van der Waals surface area contributed by atoms with Crippen LogP contribution < -0.4 is 5.73 Å². The third-order valence-corrected chi connectivity index (χ3v) is 3.10. The zero-order valence-corrected chi connectivity index (χ0v) is 9.71. The van der Waals surface area contributed by atoms with Crippen LogP contribution in [-0.2, 0) is 9.53 Å². The van der Waals surface area contributed by atoms with Gasteiger partial charge in [-0.3, -0.25) is 4.79 Å². The Hall–Kier alpha value is -0.570. The van der Waals surface area contributed by atoms with E-state index in [1.807, 2.05) is 0 Å². The van der Waals surface area contributed by atoms with Crippen molar-refractivity contribution in [3.05, 3.63) is 0 Å². The third kappa shape index (κ3) is 5.17. The number of rotatable bonds is 6. The minimum atomic E-state index is -0.0224. The smallest absolute Gasteiger partial charge is 0.306 e. The second-order valence-electron chi connectivity index (χ2n) is 4.62. The molecular weight excluding hydrogens is 190 g/mol. The molecule has 0 saturated heterocycles. The van der Waals surface area contributed by atoms with Gasteiger partial charge in [0.05, 0.1) is 0 Å². The zero-order valence-electron chi connectivity index (χ0n) is 9.71. The molecule has 0 amide bonds. The standard InChI is InChI=1S/C12H23NO2/c1-10(8-9-13)6-7-12(14)15-11-4-2-3-5-11/h10-11H,2-9,13H2,1H3. The normalized spacial score (nSPS) is 19.1. The second-order valence-corrected chi connectivity index (χ2v) is 4.62. The molecule has 88 valence electrons. The van der Waals surface area contributed by atoms with E-state index in [4.69, 9.17) is 10.5 Å². The van der Waals surface area contributed by atoms with Crippen LogP contribution in [0.25, 0.3) is 0 Å². The third-order valence-electron chi connectivity index (χ3n) is 3.10. The van der Waals surface area contributed by atoms with Gasteiger partial charge >= 0.3 is 5.97 Å². The van der Waals surface area contributed by atoms with Crippen LogP contribution >= 0.6 is 0 Å². The minimum Gasteiger partial charge on any atom is -0.462 e. The number of carbonyl (C=O) groups is 1. The lowest BCUT2D eigenvalue weighted by molar-refractivity contribution is -0.149. The lowest BCUT2D eigenvalue weighted by Crippen LogP contribution is -2.15. The van der Waals surface area contributed by atoms with Crippen molar-refractivity contribution in [1.82, 2.24) is 0 Å². The van der Waals surface area contributed by atoms with E-state index in [2.05, 4.69) is 6.92 Å². The first-order valence-corrected chi connectivity index (χ1v) is 6.12. The van der Waals surface area contributed by atoms with Gasteiger partial charge < -0.3 is 10.5 Å². The zero-order chi connectivity index (χ0) is 11.1. The highest BCUT2D eigenvalue weighted by Gasteiger charge is 2.19. The highest BCUT2D eigenvalue weighted by molar-refractivity contribution is 5.69. The van der Waals surface area contributed by atoms with E-state index in [0.717, 1.165) is 25.7 Å². The van der Waals surface area contributed by atoms with E-state index in [-0.39, 0.29) is 12.1 Å². The van der Waals surface area contributed by atoms with E-state index in [9.17, 15) is 4.79 Å². The molecule has 1 saturated carbocycles. The van der Waals surface area contributed by atoms with Gasteiger partial charge in [-0.1, -0.05) is 6.92 Å². The molecule has 0 aromatic heterocycles. The Morgan fingerprint density at radius 2 is 2.07 bits per heavy atom. The van der Waals surface area contributed by atoms with Crippen molar-refractivity contribution in [3.63, 3.8) is 0 Å². The Morgan fingerprint density at radius 3 is 2.67 bits per heavy atom. The van der Waals surface area contributed by atoms with Crippen molar-refractivity contribution < 1.29 is 9.53 Å². The SMILES string of the molecule is CC(CCN)CCC(=O)OC1CCCC1. The fraction of sp³-hybridized carbons (Fsp3) is 0.917. The maximum absolute atomic E-state index is 11.5. The summed E-state index contributed by atoms with van der Waals surface area (Å²) >= 11 is 0. The van der Waals surface area contributed by atoms with E-state index >= 15 is 0 Å². The molecule has 0 radical (unpaired) electrons. The van der Waals surface area contributed by atoms with E-state index < -0.39 is 0 Å². The minimum absolute atomic E-state index is 0.0224. The van der Waals surface area contributed by atoms with Crippen molar-refractivity contribution in [2.75, 3.05) is 6.54 Å². The molecule has 0 aliphatic heterocycles. The quantitative estimate of drug-likeness (QED) is 0.688. The monoisotopic (exact) mass is 213 g/mol. The van der Waals surface area contributed by atoms with E-state index in [0.29, 0.717) is 18.9 Å². The largest absolute Gasteiger partial charge is 0.462 e. The molecule has 1 unspecified atom stereocenters. The van der Waals surface area contributed by atoms with Crippen molar-refractivity contribution in [2.45, 2.75) is 58.0 Å². The van der Waals surface area contributed by atoms with Crippen LogP contribution in [0.4, 0.5) is 0 Å². The topological polar surface area (TPSA) is 52.3 Å². The molecule has 1 aliphatic carbocycles. The number of esters is 1. The summed E-state index contributed by atoms with van der Waals surface area (Å²) in [5.74, 6) is 0.511. The van der Waals surface area contributed by atoms with Crippen LogP contribution in [0, 0.1) is 5.92 Å². The van der Waals surface area contributed by atoms with Gasteiger partial charge in [0.2, 0.25) is 0 Å². The number of nitrogens with two attached hydrogens (primary N) is 1. The first-order valence-electron chi connectivity index (χ1n) is 6.12. The lowest BCUT2D eigenvalue weighted by Gasteiger charge is -2.13. The fourth-order valence-electron chi connectivity index (χ4n) is 2.04. The van der Waals surface area contributed by atoms with Crippen LogP contribution in [0.15, 0.2) is 0 Å². The summed E-state index contributed by atoms with van der Waals surface area (Å²) in [6, 6.07) is 0. The average Bonchev–Trinajstić information content (AvgIpc) is 2.68. The second kappa shape index (κ2) is 6.83. The van der Waals surface area contributed by atoms with Gasteiger partial charge in [-0.25, -0.2) is 0 Å². The molecule has 1 aliphatic rings. The highest BCUT2D eigenvalue weighted by Crippen LogP contribution is 2.21. The molecule has 0 aromatic carbocycles. The molecule has 1 atom stereocenters. The average molecular weight is 213 g/mol. The molecule has 0 bridgehead atoms. The van der Waals surface area contributed by atoms with Gasteiger partial charge in [0.15, 0.2) is 0 Å². The van der Waals surface area contributed by atoms with Gasteiger partial charge in [-0.2, -0.15) is 0 Å². The first-order chi connectivity index (χ1) is 7.22. The summed E-state index contributed by atoms with van der Waals surface area (Å²) in [5, 5.41) is 0.